The number of piperazine rings is 1. The van der Waals surface area contributed by atoms with Crippen LogP contribution in [-0.2, 0) is 4.79 Å². The third-order valence-corrected chi connectivity index (χ3v) is 6.34. The minimum absolute atomic E-state index is 0.0212. The highest BCUT2D eigenvalue weighted by molar-refractivity contribution is 5.95. The Morgan fingerprint density at radius 1 is 0.897 bits per heavy atom. The largest absolute Gasteiger partial charge is 0.339 e. The van der Waals surface area contributed by atoms with Gasteiger partial charge in [-0.1, -0.05) is 47.9 Å². The van der Waals surface area contributed by atoms with E-state index in [1.165, 1.54) is 0 Å². The highest BCUT2D eigenvalue weighted by Crippen LogP contribution is 2.18. The van der Waals surface area contributed by atoms with Crippen LogP contribution in [0.3, 0.4) is 0 Å². The molecule has 1 fully saturated rings. The summed E-state index contributed by atoms with van der Waals surface area (Å²) in [4.78, 5) is 29.3. The molecule has 0 bridgehead atoms. The smallest absolute Gasteiger partial charge is 0.253 e. The third kappa shape index (κ3) is 7.41. The Kier molecular flexibility index (Phi) is 9.20. The van der Waals surface area contributed by atoms with E-state index < -0.39 is 0 Å². The second kappa shape index (κ2) is 13.4. The van der Waals surface area contributed by atoms with Gasteiger partial charge >= 0.3 is 0 Å². The molecule has 3 aromatic rings. The van der Waals surface area contributed by atoms with Gasteiger partial charge in [0.25, 0.3) is 5.91 Å². The first-order chi connectivity index (χ1) is 19.0. The van der Waals surface area contributed by atoms with Crippen LogP contribution in [0.2, 0.25) is 0 Å². The fourth-order valence-corrected chi connectivity index (χ4v) is 4.16. The van der Waals surface area contributed by atoms with Crippen LogP contribution in [0.5, 0.6) is 0 Å². The number of carbonyl (C=O) groups is 2. The minimum atomic E-state index is -0.0212. The predicted molar refractivity (Wildman–Crippen MR) is 153 cm³/mol. The Morgan fingerprint density at radius 3 is 2.36 bits per heavy atom. The summed E-state index contributed by atoms with van der Waals surface area (Å²) in [5.74, 6) is 0.0507. The van der Waals surface area contributed by atoms with Crippen molar-refractivity contribution < 1.29 is 9.59 Å². The molecule has 0 radical (unpaired) electrons. The summed E-state index contributed by atoms with van der Waals surface area (Å²) in [5, 5.41) is 8.45. The summed E-state index contributed by atoms with van der Waals surface area (Å²) in [7, 11) is 0. The van der Waals surface area contributed by atoms with Crippen LogP contribution in [0.15, 0.2) is 101 Å². The number of benzene rings is 2. The van der Waals surface area contributed by atoms with Crippen molar-refractivity contribution in [2.45, 2.75) is 19.8 Å². The molecule has 1 aliphatic heterocycles. The van der Waals surface area contributed by atoms with E-state index in [1.807, 2.05) is 72.5 Å². The first-order valence-electron chi connectivity index (χ1n) is 12.7. The lowest BCUT2D eigenvalue weighted by atomic mass is 10.1. The van der Waals surface area contributed by atoms with E-state index in [2.05, 4.69) is 56.9 Å². The van der Waals surface area contributed by atoms with E-state index in [-0.39, 0.29) is 11.8 Å². The van der Waals surface area contributed by atoms with Gasteiger partial charge in [0, 0.05) is 43.5 Å². The van der Waals surface area contributed by atoms with E-state index in [0.29, 0.717) is 44.6 Å². The average molecular weight is 513 g/mol. The van der Waals surface area contributed by atoms with Crippen LogP contribution < -0.4 is 0 Å². The number of rotatable bonds is 6. The van der Waals surface area contributed by atoms with E-state index in [9.17, 15) is 9.59 Å². The Bertz CT molecular complexity index is 1670. The topological polar surface area (TPSA) is 69.3 Å². The normalized spacial score (nSPS) is 12.4. The van der Waals surface area contributed by atoms with Crippen LogP contribution in [0.4, 0.5) is 0 Å². The number of aromatic nitrogens is 2. The fourth-order valence-electron chi connectivity index (χ4n) is 4.16. The molecule has 0 unspecified atom stereocenters. The van der Waals surface area contributed by atoms with Crippen molar-refractivity contribution in [2.75, 3.05) is 26.2 Å². The number of fused-ring (bicyclic) bond motifs is 1. The van der Waals surface area contributed by atoms with E-state index in [0.717, 1.165) is 27.7 Å². The third-order valence-electron chi connectivity index (χ3n) is 6.34. The molecule has 1 aromatic heterocycles. The van der Waals surface area contributed by atoms with Crippen LogP contribution >= 0.6 is 0 Å². The van der Waals surface area contributed by atoms with Crippen LogP contribution in [-0.4, -0.2) is 58.0 Å². The maximum absolute atomic E-state index is 13.0. The van der Waals surface area contributed by atoms with Crippen LogP contribution in [0, 0.1) is 0 Å². The summed E-state index contributed by atoms with van der Waals surface area (Å²) >= 11 is 0. The lowest BCUT2D eigenvalue weighted by Crippen LogP contribution is -2.50. The highest BCUT2D eigenvalue weighted by atomic mass is 16.2. The van der Waals surface area contributed by atoms with Gasteiger partial charge in [-0.2, -0.15) is 5.10 Å². The van der Waals surface area contributed by atoms with Gasteiger partial charge in [0.2, 0.25) is 5.91 Å². The van der Waals surface area contributed by atoms with Crippen molar-refractivity contribution in [1.82, 2.24) is 20.0 Å². The number of para-hydroxylation sites is 1. The zero-order chi connectivity index (χ0) is 27.5. The first kappa shape index (κ1) is 26.8. The molecule has 39 heavy (non-hydrogen) atoms. The molecule has 0 spiro atoms. The SMILES string of the molecule is C=C=C=C=C=C=C=C=C(C)CCC(=O)N1CCN(C(=O)c2ccc(/C=C/c3n[nH]c4ccccc34)cc2)CC1. The molecule has 2 heterocycles. The molecular formula is C33H28N4O2. The van der Waals surface area contributed by atoms with Crippen molar-refractivity contribution in [3.63, 3.8) is 0 Å². The second-order valence-corrected chi connectivity index (χ2v) is 8.99. The van der Waals surface area contributed by atoms with Gasteiger partial charge in [0.05, 0.1) is 11.2 Å². The number of amides is 2. The van der Waals surface area contributed by atoms with Gasteiger partial charge in [0.15, 0.2) is 0 Å². The number of nitrogens with zero attached hydrogens (tertiary/aromatic N) is 3. The molecule has 2 amide bonds. The summed E-state index contributed by atoms with van der Waals surface area (Å²) < 4.78 is 0. The number of hydrogen-bond acceptors (Lipinski definition) is 3. The van der Waals surface area contributed by atoms with Crippen molar-refractivity contribution in [2.24, 2.45) is 0 Å². The van der Waals surface area contributed by atoms with E-state index >= 15 is 0 Å². The molecule has 6 heteroatoms. The standard InChI is InChI=1S/C33H28N4O2/c1-3-4-5-6-7-8-11-26(2)14-21-32(38)36-22-24-37(25-23-36)33(39)28-18-15-27(16-19-28)17-20-31-29-12-9-10-13-30(29)34-35-31/h9-10,12-13,15-20H,1,14,21-25H2,2H3,(H,34,35)/b20-17+. The zero-order valence-corrected chi connectivity index (χ0v) is 21.9. The molecule has 4 rings (SSSR count). The molecule has 192 valence electrons. The maximum atomic E-state index is 13.0. The fraction of sp³-hybridized carbons (Fsp3) is 0.212. The van der Waals surface area contributed by atoms with E-state index in [4.69, 9.17) is 0 Å². The van der Waals surface area contributed by atoms with Gasteiger partial charge < -0.3 is 9.80 Å². The van der Waals surface area contributed by atoms with Crippen molar-refractivity contribution in [3.8, 4) is 0 Å². The van der Waals surface area contributed by atoms with Gasteiger partial charge in [-0.3, -0.25) is 14.7 Å². The number of hydrogen-bond donors (Lipinski definition) is 1. The molecule has 0 aliphatic carbocycles. The Balaban J connectivity index is 1.28. The molecule has 0 atom stereocenters. The monoisotopic (exact) mass is 512 g/mol. The summed E-state index contributed by atoms with van der Waals surface area (Å²) in [5.41, 5.74) is 22.8. The van der Waals surface area contributed by atoms with Gasteiger partial charge in [0.1, 0.15) is 0 Å². The predicted octanol–water partition coefficient (Wildman–Crippen LogP) is 5.46. The Labute approximate surface area is 227 Å². The average Bonchev–Trinajstić information content (AvgIpc) is 3.39. The molecule has 6 nitrogen and oxygen atoms in total. The van der Waals surface area contributed by atoms with Crippen LogP contribution in [0.25, 0.3) is 23.1 Å². The minimum Gasteiger partial charge on any atom is -0.339 e. The molecule has 2 aromatic carbocycles. The number of H-pyrrole nitrogens is 1. The second-order valence-electron chi connectivity index (χ2n) is 8.99. The number of aromatic amines is 1. The summed E-state index contributed by atoms with van der Waals surface area (Å²) in [6.45, 7) is 7.34. The lowest BCUT2D eigenvalue weighted by Gasteiger charge is -2.35. The molecule has 1 saturated heterocycles. The van der Waals surface area contributed by atoms with Gasteiger partial charge in [-0.05, 0) is 84.0 Å². The highest BCUT2D eigenvalue weighted by Gasteiger charge is 2.24. The Hall–Kier alpha value is -5.21. The maximum Gasteiger partial charge on any atom is 0.253 e. The van der Waals surface area contributed by atoms with E-state index in [1.54, 1.807) is 4.90 Å². The quantitative estimate of drug-likeness (QED) is 0.446. The Morgan fingerprint density at radius 2 is 1.59 bits per heavy atom. The molecular weight excluding hydrogens is 484 g/mol. The zero-order valence-electron chi connectivity index (χ0n) is 21.9. The van der Waals surface area contributed by atoms with Crippen molar-refractivity contribution in [3.05, 3.63) is 118 Å². The molecule has 1 aliphatic rings. The van der Waals surface area contributed by atoms with Gasteiger partial charge in [-0.25, -0.2) is 0 Å². The van der Waals surface area contributed by atoms with Crippen molar-refractivity contribution in [1.29, 1.82) is 0 Å². The summed E-state index contributed by atoms with van der Waals surface area (Å²) in [6, 6.07) is 15.5. The number of carbonyl (C=O) groups excluding carboxylic acids is 2. The first-order valence-corrected chi connectivity index (χ1v) is 12.7. The lowest BCUT2D eigenvalue weighted by molar-refractivity contribution is -0.132. The van der Waals surface area contributed by atoms with Crippen LogP contribution in [0.1, 0.15) is 41.4 Å². The number of nitrogens with one attached hydrogen (secondary N) is 1. The number of allylic oxidation sites excluding steroid dienone is 1. The van der Waals surface area contributed by atoms with Gasteiger partial charge in [-0.15, -0.1) is 0 Å². The summed E-state index contributed by atoms with van der Waals surface area (Å²) in [6.07, 6.45) is 4.91. The molecule has 1 N–H and O–H groups in total. The molecule has 0 saturated carbocycles. The van der Waals surface area contributed by atoms with Crippen molar-refractivity contribution >= 4 is 34.9 Å².